The molecule has 0 aliphatic carbocycles. The summed E-state index contributed by atoms with van der Waals surface area (Å²) in [7, 11) is 0. The highest BCUT2D eigenvalue weighted by atomic mass is 35.5. The number of carboxylic acids is 1. The number of nitrogens with zero attached hydrogens (tertiary/aromatic N) is 2. The average molecular weight is 437 g/mol. The fourth-order valence-electron chi connectivity index (χ4n) is 3.96. The van der Waals surface area contributed by atoms with Crippen LogP contribution in [0.25, 0.3) is 6.08 Å². The molecule has 1 aliphatic heterocycles. The van der Waals surface area contributed by atoms with Crippen LogP contribution in [0.3, 0.4) is 0 Å². The topological polar surface area (TPSA) is 66.6 Å². The van der Waals surface area contributed by atoms with Gasteiger partial charge in [-0.1, -0.05) is 54.4 Å². The van der Waals surface area contributed by atoms with Gasteiger partial charge in [-0.15, -0.1) is 0 Å². The number of benzene rings is 2. The highest BCUT2D eigenvalue weighted by Gasteiger charge is 2.28. The van der Waals surface area contributed by atoms with Crippen LogP contribution >= 0.6 is 11.6 Å². The third kappa shape index (κ3) is 5.84. The van der Waals surface area contributed by atoms with E-state index in [-0.39, 0.29) is 6.04 Å². The van der Waals surface area contributed by atoms with E-state index in [1.165, 1.54) is 5.56 Å². The number of hydrogen-bond donors (Lipinski definition) is 1. The van der Waals surface area contributed by atoms with Gasteiger partial charge in [-0.2, -0.15) is 0 Å². The first-order chi connectivity index (χ1) is 15.1. The maximum Gasteiger partial charge on any atom is 0.328 e. The van der Waals surface area contributed by atoms with E-state index in [1.807, 2.05) is 42.6 Å². The standard InChI is InChI=1S/C25H25ClN2O3/c26-21-11-8-19(9-12-21)15-22-16-27-25(31-22)23-3-1-2-14-28(23)17-20-6-4-18(5-7-20)10-13-24(29)30/h4-13,16,23H,1-3,14-15,17H2,(H,29,30)/b13-10+. The molecule has 1 N–H and O–H groups in total. The third-order valence-electron chi connectivity index (χ3n) is 5.55. The number of carboxylic acid groups (broad SMARTS) is 1. The Morgan fingerprint density at radius 3 is 2.61 bits per heavy atom. The second-order valence-corrected chi connectivity index (χ2v) is 8.30. The first kappa shape index (κ1) is 21.3. The summed E-state index contributed by atoms with van der Waals surface area (Å²) in [6.07, 6.45) is 8.64. The number of carbonyl (C=O) groups is 1. The van der Waals surface area contributed by atoms with Crippen molar-refractivity contribution in [2.24, 2.45) is 0 Å². The van der Waals surface area contributed by atoms with Gasteiger partial charge in [0, 0.05) is 24.1 Å². The van der Waals surface area contributed by atoms with Crippen molar-refractivity contribution in [3.05, 3.63) is 94.2 Å². The van der Waals surface area contributed by atoms with Gasteiger partial charge in [-0.3, -0.25) is 4.90 Å². The van der Waals surface area contributed by atoms with Crippen molar-refractivity contribution < 1.29 is 14.3 Å². The van der Waals surface area contributed by atoms with Gasteiger partial charge < -0.3 is 9.52 Å². The summed E-state index contributed by atoms with van der Waals surface area (Å²) in [4.78, 5) is 17.7. The van der Waals surface area contributed by atoms with Crippen LogP contribution in [-0.4, -0.2) is 27.5 Å². The highest BCUT2D eigenvalue weighted by Crippen LogP contribution is 2.32. The summed E-state index contributed by atoms with van der Waals surface area (Å²) in [5.41, 5.74) is 3.21. The van der Waals surface area contributed by atoms with Crippen LogP contribution in [0.15, 0.2) is 65.2 Å². The molecule has 1 aromatic heterocycles. The minimum absolute atomic E-state index is 0.166. The maximum absolute atomic E-state index is 10.7. The summed E-state index contributed by atoms with van der Waals surface area (Å²) in [5.74, 6) is 0.698. The Bertz CT molecular complexity index is 1040. The minimum Gasteiger partial charge on any atom is -0.478 e. The second kappa shape index (κ2) is 9.94. The number of halogens is 1. The number of piperidine rings is 1. The van der Waals surface area contributed by atoms with E-state index in [2.05, 4.69) is 22.0 Å². The van der Waals surface area contributed by atoms with Gasteiger partial charge in [0.1, 0.15) is 5.76 Å². The molecule has 2 heterocycles. The Morgan fingerprint density at radius 1 is 1.13 bits per heavy atom. The van der Waals surface area contributed by atoms with Crippen LogP contribution in [0.2, 0.25) is 5.02 Å². The van der Waals surface area contributed by atoms with Gasteiger partial charge >= 0.3 is 5.97 Å². The van der Waals surface area contributed by atoms with E-state index < -0.39 is 5.97 Å². The molecule has 31 heavy (non-hydrogen) atoms. The molecule has 4 rings (SSSR count). The summed E-state index contributed by atoms with van der Waals surface area (Å²) in [5, 5.41) is 9.49. The Labute approximate surface area is 187 Å². The smallest absolute Gasteiger partial charge is 0.328 e. The van der Waals surface area contributed by atoms with Gasteiger partial charge in [-0.05, 0) is 54.3 Å². The van der Waals surface area contributed by atoms with Crippen molar-refractivity contribution in [3.63, 3.8) is 0 Å². The van der Waals surface area contributed by atoms with Crippen LogP contribution in [0, 0.1) is 0 Å². The molecule has 1 fully saturated rings. The number of aliphatic carboxylic acids is 1. The van der Waals surface area contributed by atoms with Crippen molar-refractivity contribution in [2.75, 3.05) is 6.54 Å². The van der Waals surface area contributed by atoms with Crippen molar-refractivity contribution in [2.45, 2.75) is 38.3 Å². The molecule has 0 amide bonds. The SMILES string of the molecule is O=C(O)/C=C/c1ccc(CN2CCCCC2c2ncc(Cc3ccc(Cl)cc3)o2)cc1. The monoisotopic (exact) mass is 436 g/mol. The van der Waals surface area contributed by atoms with Crippen LogP contribution in [0.1, 0.15) is 53.6 Å². The van der Waals surface area contributed by atoms with E-state index >= 15 is 0 Å². The number of likely N-dealkylation sites (tertiary alicyclic amines) is 1. The number of aromatic nitrogens is 1. The molecule has 1 saturated heterocycles. The van der Waals surface area contributed by atoms with E-state index in [0.29, 0.717) is 6.42 Å². The molecule has 0 radical (unpaired) electrons. The minimum atomic E-state index is -0.943. The highest BCUT2D eigenvalue weighted by molar-refractivity contribution is 6.30. The Kier molecular flexibility index (Phi) is 6.85. The predicted octanol–water partition coefficient (Wildman–Crippen LogP) is 5.74. The van der Waals surface area contributed by atoms with Crippen molar-refractivity contribution in [3.8, 4) is 0 Å². The van der Waals surface area contributed by atoms with Gasteiger partial charge in [0.2, 0.25) is 5.89 Å². The molecule has 1 unspecified atom stereocenters. The lowest BCUT2D eigenvalue weighted by Crippen LogP contribution is -2.33. The molecule has 0 saturated carbocycles. The van der Waals surface area contributed by atoms with Gasteiger partial charge in [0.05, 0.1) is 12.2 Å². The third-order valence-corrected chi connectivity index (χ3v) is 5.80. The molecular weight excluding hydrogens is 412 g/mol. The van der Waals surface area contributed by atoms with Crippen molar-refractivity contribution in [1.82, 2.24) is 9.88 Å². The zero-order chi connectivity index (χ0) is 21.6. The summed E-state index contributed by atoms with van der Waals surface area (Å²) in [6, 6.07) is 16.0. The molecule has 0 spiro atoms. The zero-order valence-electron chi connectivity index (χ0n) is 17.2. The van der Waals surface area contributed by atoms with Gasteiger partial charge in [0.25, 0.3) is 0 Å². The first-order valence-electron chi connectivity index (χ1n) is 10.5. The van der Waals surface area contributed by atoms with Gasteiger partial charge in [-0.25, -0.2) is 9.78 Å². The molecular formula is C25H25ClN2O3. The quantitative estimate of drug-likeness (QED) is 0.478. The fraction of sp³-hybridized carbons (Fsp3) is 0.280. The van der Waals surface area contributed by atoms with Crippen molar-refractivity contribution >= 4 is 23.6 Å². The molecule has 2 aromatic carbocycles. The molecule has 3 aromatic rings. The van der Waals surface area contributed by atoms with E-state index in [9.17, 15) is 4.79 Å². The van der Waals surface area contributed by atoms with Crippen LogP contribution in [0.4, 0.5) is 0 Å². The Morgan fingerprint density at radius 2 is 1.87 bits per heavy atom. The fourth-order valence-corrected chi connectivity index (χ4v) is 4.08. The number of rotatable bonds is 7. The average Bonchev–Trinajstić information content (AvgIpc) is 3.23. The molecule has 1 atom stereocenters. The number of hydrogen-bond acceptors (Lipinski definition) is 4. The van der Waals surface area contributed by atoms with E-state index in [4.69, 9.17) is 21.1 Å². The summed E-state index contributed by atoms with van der Waals surface area (Å²) < 4.78 is 6.15. The van der Waals surface area contributed by atoms with Crippen LogP contribution in [-0.2, 0) is 17.8 Å². The molecule has 0 bridgehead atoms. The maximum atomic E-state index is 10.7. The van der Waals surface area contributed by atoms with Crippen LogP contribution < -0.4 is 0 Å². The predicted molar refractivity (Wildman–Crippen MR) is 121 cm³/mol. The lowest BCUT2D eigenvalue weighted by atomic mass is 10.0. The summed E-state index contributed by atoms with van der Waals surface area (Å²) >= 11 is 5.97. The Balaban J connectivity index is 1.43. The molecule has 5 nitrogen and oxygen atoms in total. The molecule has 6 heteroatoms. The number of oxazole rings is 1. The normalized spacial score (nSPS) is 17.3. The van der Waals surface area contributed by atoms with E-state index in [0.717, 1.165) is 66.2 Å². The van der Waals surface area contributed by atoms with Gasteiger partial charge in [0.15, 0.2) is 0 Å². The lowest BCUT2D eigenvalue weighted by molar-refractivity contribution is -0.131. The van der Waals surface area contributed by atoms with Crippen LogP contribution in [0.5, 0.6) is 0 Å². The first-order valence-corrected chi connectivity index (χ1v) is 10.9. The zero-order valence-corrected chi connectivity index (χ0v) is 18.0. The molecule has 160 valence electrons. The molecule has 1 aliphatic rings. The summed E-state index contributed by atoms with van der Waals surface area (Å²) in [6.45, 7) is 1.81. The largest absolute Gasteiger partial charge is 0.478 e. The lowest BCUT2D eigenvalue weighted by Gasteiger charge is -2.33. The second-order valence-electron chi connectivity index (χ2n) is 7.86. The Hall–Kier alpha value is -2.89. The van der Waals surface area contributed by atoms with E-state index in [1.54, 1.807) is 6.08 Å². The van der Waals surface area contributed by atoms with Crippen molar-refractivity contribution in [1.29, 1.82) is 0 Å².